The first-order chi connectivity index (χ1) is 20.4. The molecule has 0 spiro atoms. The maximum Gasteiger partial charge on any atom is 0.522 e. The molecule has 0 aromatic heterocycles. The zero-order valence-corrected chi connectivity index (χ0v) is 25.8. The van der Waals surface area contributed by atoms with Crippen molar-refractivity contribution in [3.05, 3.63) is 69.5 Å². The lowest BCUT2D eigenvalue weighted by Crippen LogP contribution is -2.35. The number of carbonyl (C=O) groups is 1. The van der Waals surface area contributed by atoms with Crippen molar-refractivity contribution >= 4 is 17.6 Å². The van der Waals surface area contributed by atoms with Gasteiger partial charge in [-0.15, -0.1) is 13.2 Å². The highest BCUT2D eigenvalue weighted by molar-refractivity contribution is 6.30. The van der Waals surface area contributed by atoms with Crippen LogP contribution in [-0.2, 0) is 9.53 Å². The lowest BCUT2D eigenvalue weighted by atomic mass is 9.77. The summed E-state index contributed by atoms with van der Waals surface area (Å²) in [5.41, 5.74) is 3.04. The number of carboxylic acid groups (broad SMARTS) is 1. The predicted molar refractivity (Wildman–Crippen MR) is 160 cm³/mol. The Morgan fingerprint density at radius 2 is 1.77 bits per heavy atom. The van der Waals surface area contributed by atoms with Gasteiger partial charge in [0.15, 0.2) is 0 Å². The summed E-state index contributed by atoms with van der Waals surface area (Å²) in [6, 6.07) is 9.24. The van der Waals surface area contributed by atoms with Crippen molar-refractivity contribution in [2.75, 3.05) is 33.2 Å². The van der Waals surface area contributed by atoms with Gasteiger partial charge in [0.2, 0.25) is 0 Å². The van der Waals surface area contributed by atoms with E-state index in [-0.39, 0.29) is 30.5 Å². The molecule has 1 aliphatic heterocycles. The first-order valence-electron chi connectivity index (χ1n) is 15.4. The molecule has 2 atom stereocenters. The van der Waals surface area contributed by atoms with Gasteiger partial charge >= 0.3 is 12.3 Å². The maximum atomic E-state index is 15.0. The molecule has 1 saturated carbocycles. The number of likely N-dealkylation sites (N-methyl/N-ethyl adjacent to an activating group) is 1. The third kappa shape index (κ3) is 9.40. The molecular formula is C33H43ClF4N2O3. The minimum Gasteiger partial charge on any atom is -0.480 e. The van der Waals surface area contributed by atoms with Gasteiger partial charge in [0.1, 0.15) is 11.9 Å². The summed E-state index contributed by atoms with van der Waals surface area (Å²) in [4.78, 5) is 17.0. The molecule has 1 saturated heterocycles. The van der Waals surface area contributed by atoms with Crippen molar-refractivity contribution in [2.45, 2.75) is 95.1 Å². The Hall–Kier alpha value is -2.20. The van der Waals surface area contributed by atoms with Crippen LogP contribution in [0.2, 0.25) is 5.02 Å². The Kier molecular flexibility index (Phi) is 11.9. The summed E-state index contributed by atoms with van der Waals surface area (Å²) in [5, 5.41) is 10.9. The van der Waals surface area contributed by atoms with E-state index in [2.05, 4.69) is 9.64 Å². The molecule has 1 N–H and O–H groups in total. The number of alkyl halides is 3. The van der Waals surface area contributed by atoms with E-state index in [4.69, 9.17) is 11.6 Å². The molecule has 0 radical (unpaired) electrons. The second kappa shape index (κ2) is 15.2. The molecule has 2 unspecified atom stereocenters. The van der Waals surface area contributed by atoms with E-state index in [1.807, 2.05) is 25.1 Å². The average molecular weight is 627 g/mol. The number of aryl methyl sites for hydroxylation is 1. The minimum absolute atomic E-state index is 0.0580. The van der Waals surface area contributed by atoms with Gasteiger partial charge in [-0.3, -0.25) is 14.4 Å². The topological polar surface area (TPSA) is 53.0 Å². The number of nitrogens with zero attached hydrogens (tertiary/aromatic N) is 2. The normalized spacial score (nSPS) is 21.6. The molecule has 10 heteroatoms. The quantitative estimate of drug-likeness (QED) is 0.240. The first-order valence-corrected chi connectivity index (χ1v) is 15.7. The standard InChI is InChI=1S/C33H43ClF4N2O3/c1-22-7-6-8-27(30(22)24-9-12-26(13-10-24)43-33(36,37)38)31(32(41)42)39(2)19-15-23(16-20-40-17-4-3-5-18-40)28-21-25(34)11-14-29(28)35/h6-8,11,14,21,23-24,26,31H,3-5,9-10,12-13,15-20H2,1-2H3,(H,41,42). The van der Waals surface area contributed by atoms with Crippen molar-refractivity contribution in [1.82, 2.24) is 9.80 Å². The maximum absolute atomic E-state index is 15.0. The minimum atomic E-state index is -4.66. The highest BCUT2D eigenvalue weighted by Crippen LogP contribution is 2.41. The smallest absolute Gasteiger partial charge is 0.480 e. The van der Waals surface area contributed by atoms with Crippen LogP contribution in [0.4, 0.5) is 17.6 Å². The number of rotatable bonds is 12. The Labute approximate surface area is 257 Å². The molecule has 2 aromatic carbocycles. The van der Waals surface area contributed by atoms with Crippen LogP contribution in [0, 0.1) is 12.7 Å². The highest BCUT2D eigenvalue weighted by atomic mass is 35.5. The fraction of sp³-hybridized carbons (Fsp3) is 0.606. The third-order valence-corrected chi connectivity index (χ3v) is 9.42. The zero-order chi connectivity index (χ0) is 31.1. The molecule has 0 amide bonds. The monoisotopic (exact) mass is 626 g/mol. The van der Waals surface area contributed by atoms with Crippen molar-refractivity contribution in [2.24, 2.45) is 0 Å². The molecule has 43 heavy (non-hydrogen) atoms. The van der Waals surface area contributed by atoms with Gasteiger partial charge < -0.3 is 10.0 Å². The first kappa shape index (κ1) is 33.7. The second-order valence-corrected chi connectivity index (χ2v) is 12.6. The molecule has 1 heterocycles. The van der Waals surface area contributed by atoms with E-state index in [0.29, 0.717) is 42.0 Å². The van der Waals surface area contributed by atoms with Crippen LogP contribution < -0.4 is 0 Å². The zero-order valence-electron chi connectivity index (χ0n) is 25.0. The van der Waals surface area contributed by atoms with Crippen molar-refractivity contribution in [3.63, 3.8) is 0 Å². The van der Waals surface area contributed by atoms with E-state index in [9.17, 15) is 23.1 Å². The van der Waals surface area contributed by atoms with Crippen molar-refractivity contribution < 1.29 is 32.2 Å². The van der Waals surface area contributed by atoms with Gasteiger partial charge in [0, 0.05) is 5.02 Å². The summed E-state index contributed by atoms with van der Waals surface area (Å²) < 4.78 is 57.6. The molecular weight excluding hydrogens is 584 g/mol. The van der Waals surface area contributed by atoms with Gasteiger partial charge in [-0.25, -0.2) is 4.39 Å². The van der Waals surface area contributed by atoms with Crippen molar-refractivity contribution in [1.29, 1.82) is 0 Å². The number of piperidine rings is 1. The van der Waals surface area contributed by atoms with E-state index in [0.717, 1.165) is 50.0 Å². The Balaban J connectivity index is 1.51. The van der Waals surface area contributed by atoms with E-state index in [1.54, 1.807) is 18.0 Å². The Morgan fingerprint density at radius 3 is 2.42 bits per heavy atom. The molecule has 2 aliphatic rings. The molecule has 0 bridgehead atoms. The van der Waals surface area contributed by atoms with Crippen LogP contribution in [0.1, 0.15) is 97.9 Å². The number of halogens is 5. The molecule has 238 valence electrons. The fourth-order valence-corrected chi connectivity index (χ4v) is 7.19. The highest BCUT2D eigenvalue weighted by Gasteiger charge is 2.37. The van der Waals surface area contributed by atoms with Crippen LogP contribution in [0.25, 0.3) is 0 Å². The Morgan fingerprint density at radius 1 is 1.07 bits per heavy atom. The summed E-state index contributed by atoms with van der Waals surface area (Å²) in [5.74, 6) is -1.51. The predicted octanol–water partition coefficient (Wildman–Crippen LogP) is 8.46. The molecule has 4 rings (SSSR count). The van der Waals surface area contributed by atoms with Crippen LogP contribution in [0.15, 0.2) is 36.4 Å². The van der Waals surface area contributed by atoms with Crippen LogP contribution in [0.5, 0.6) is 0 Å². The van der Waals surface area contributed by atoms with Gasteiger partial charge in [-0.2, -0.15) is 0 Å². The largest absolute Gasteiger partial charge is 0.522 e. The lowest BCUT2D eigenvalue weighted by molar-refractivity contribution is -0.345. The molecule has 5 nitrogen and oxygen atoms in total. The van der Waals surface area contributed by atoms with Crippen LogP contribution in [-0.4, -0.2) is 66.6 Å². The number of hydrogen-bond donors (Lipinski definition) is 1. The van der Waals surface area contributed by atoms with E-state index >= 15 is 4.39 Å². The van der Waals surface area contributed by atoms with E-state index < -0.39 is 24.5 Å². The number of likely N-dealkylation sites (tertiary alicyclic amines) is 1. The molecule has 2 aromatic rings. The second-order valence-electron chi connectivity index (χ2n) is 12.2. The number of aliphatic carboxylic acids is 1. The summed E-state index contributed by atoms with van der Waals surface area (Å²) >= 11 is 6.26. The van der Waals surface area contributed by atoms with Crippen LogP contribution >= 0.6 is 11.6 Å². The van der Waals surface area contributed by atoms with Crippen molar-refractivity contribution in [3.8, 4) is 0 Å². The SMILES string of the molecule is Cc1cccc(C(C(=O)O)N(C)CCC(CCN2CCCCC2)c2cc(Cl)ccc2F)c1C1CCC(OC(F)(F)F)CC1. The molecule has 2 fully saturated rings. The average Bonchev–Trinajstić information content (AvgIpc) is 2.95. The summed E-state index contributed by atoms with van der Waals surface area (Å²) in [6.07, 6.45) is 0.789. The number of ether oxygens (including phenoxy) is 1. The number of hydrogen-bond acceptors (Lipinski definition) is 4. The Bertz CT molecular complexity index is 1210. The molecule has 1 aliphatic carbocycles. The van der Waals surface area contributed by atoms with Gasteiger partial charge in [-0.05, 0) is 144 Å². The third-order valence-electron chi connectivity index (χ3n) is 9.18. The van der Waals surface area contributed by atoms with Gasteiger partial charge in [-0.1, -0.05) is 36.2 Å². The number of carboxylic acids is 1. The number of benzene rings is 2. The van der Waals surface area contributed by atoms with Gasteiger partial charge in [0.05, 0.1) is 6.10 Å². The van der Waals surface area contributed by atoms with Crippen LogP contribution in [0.3, 0.4) is 0 Å². The summed E-state index contributed by atoms with van der Waals surface area (Å²) in [7, 11) is 1.77. The van der Waals surface area contributed by atoms with E-state index in [1.165, 1.54) is 18.6 Å². The lowest BCUT2D eigenvalue weighted by Gasteiger charge is -2.34. The fourth-order valence-electron chi connectivity index (χ4n) is 7.01. The summed E-state index contributed by atoms with van der Waals surface area (Å²) in [6.45, 7) is 5.24. The van der Waals surface area contributed by atoms with Gasteiger partial charge in [0.25, 0.3) is 0 Å².